The van der Waals surface area contributed by atoms with Crippen molar-refractivity contribution >= 4 is 64.6 Å². The minimum Gasteiger partial charge on any atom is -0.507 e. The first-order valence-corrected chi connectivity index (χ1v) is 23.9. The van der Waals surface area contributed by atoms with Crippen LogP contribution in [0.3, 0.4) is 0 Å². The molecule has 1 aliphatic heterocycles. The Kier molecular flexibility index (Phi) is 18.3. The smallest absolute Gasteiger partial charge is 0.407 e. The minimum atomic E-state index is -2.43. The van der Waals surface area contributed by atoms with Crippen LogP contribution in [0.5, 0.6) is 17.2 Å². The number of hydrogen-bond donors (Lipinski definition) is 12. The molecule has 0 radical (unpaired) electrons. The first kappa shape index (κ1) is 58.2. The van der Waals surface area contributed by atoms with Crippen LogP contribution in [0.2, 0.25) is 0 Å². The van der Waals surface area contributed by atoms with E-state index in [2.05, 4.69) is 26.6 Å². The number of nitrogens with one attached hydrogen (secondary N) is 5. The van der Waals surface area contributed by atoms with E-state index in [-0.39, 0.29) is 53.3 Å². The van der Waals surface area contributed by atoms with Gasteiger partial charge in [0.05, 0.1) is 61.6 Å². The molecule has 3 aromatic carbocycles. The number of hydrogen-bond acceptors (Lipinski definition) is 20. The van der Waals surface area contributed by atoms with Gasteiger partial charge in [-0.3, -0.25) is 48.1 Å². The number of phenols is 2. The van der Waals surface area contributed by atoms with Crippen LogP contribution in [-0.2, 0) is 60.8 Å². The fourth-order valence-electron chi connectivity index (χ4n) is 9.11. The number of likely N-dealkylation sites (N-methyl/N-ethyl adjacent to an activating group) is 1. The van der Waals surface area contributed by atoms with Crippen molar-refractivity contribution in [1.29, 1.82) is 0 Å². The molecule has 0 spiro atoms. The second kappa shape index (κ2) is 24.3. The summed E-state index contributed by atoms with van der Waals surface area (Å²) in [6, 6.07) is 4.90. The van der Waals surface area contributed by atoms with Crippen molar-refractivity contribution in [3.05, 3.63) is 81.4 Å². The number of carboxylic acids is 1. The lowest BCUT2D eigenvalue weighted by molar-refractivity contribution is -0.249. The van der Waals surface area contributed by atoms with E-state index in [1.165, 1.54) is 82.3 Å². The van der Waals surface area contributed by atoms with Gasteiger partial charge >= 0.3 is 12.1 Å². The van der Waals surface area contributed by atoms with Crippen LogP contribution in [0.15, 0.2) is 42.5 Å². The molecule has 0 saturated carbocycles. The van der Waals surface area contributed by atoms with Gasteiger partial charge in [0.25, 0.3) is 0 Å². The quantitative estimate of drug-likeness (QED) is 0.0414. The maximum absolute atomic E-state index is 14.0. The van der Waals surface area contributed by atoms with Gasteiger partial charge in [0.15, 0.2) is 17.9 Å². The molecule has 1 heterocycles. The number of primary amides is 1. The molecule has 3 aromatic rings. The van der Waals surface area contributed by atoms with Crippen LogP contribution < -0.4 is 37.1 Å². The molecule has 3 aliphatic rings. The van der Waals surface area contributed by atoms with Crippen molar-refractivity contribution < 1.29 is 97.5 Å². The number of methoxy groups -OCH3 is 1. The number of carbonyl (C=O) groups is 10. The van der Waals surface area contributed by atoms with E-state index < -0.39 is 168 Å². The number of carboxylic acid groups (broad SMARTS) is 1. The molecule has 1 fully saturated rings. The maximum atomic E-state index is 14.0. The summed E-state index contributed by atoms with van der Waals surface area (Å²) in [5, 5.41) is 77.0. The molecule has 0 unspecified atom stereocenters. The molecule has 1 saturated heterocycles. The van der Waals surface area contributed by atoms with Gasteiger partial charge in [-0.1, -0.05) is 24.3 Å². The minimum absolute atomic E-state index is 0.0112. The monoisotopic (exact) mass is 1080 g/mol. The number of anilines is 1. The second-order valence-corrected chi connectivity index (χ2v) is 18.8. The summed E-state index contributed by atoms with van der Waals surface area (Å²) in [6.45, 7) is 1.82. The molecule has 414 valence electrons. The molecule has 6 rings (SSSR count). The molecule has 27 nitrogen and oxygen atoms in total. The van der Waals surface area contributed by atoms with E-state index in [1.807, 2.05) is 0 Å². The molecular weight excluding hydrogens is 1020 g/mol. The summed E-state index contributed by atoms with van der Waals surface area (Å²) in [5.41, 5.74) is 1.40. The second-order valence-electron chi connectivity index (χ2n) is 18.8. The van der Waals surface area contributed by atoms with Crippen molar-refractivity contribution in [2.75, 3.05) is 39.2 Å². The molecular formula is C50H59N7O20. The average Bonchev–Trinajstić information content (AvgIpc) is 3.45. The molecule has 13 N–H and O–H groups in total. The number of ether oxygens (including phenoxy) is 4. The fourth-order valence-corrected chi connectivity index (χ4v) is 9.11. The Morgan fingerprint density at radius 2 is 1.53 bits per heavy atom. The highest BCUT2D eigenvalue weighted by molar-refractivity contribution is 6.31. The Morgan fingerprint density at radius 1 is 0.883 bits per heavy atom. The number of ketones is 3. The number of aliphatic hydroxyl groups excluding tert-OH is 2. The van der Waals surface area contributed by atoms with Crippen LogP contribution in [0.4, 0.5) is 10.5 Å². The summed E-state index contributed by atoms with van der Waals surface area (Å²) >= 11 is 0. The summed E-state index contributed by atoms with van der Waals surface area (Å²) in [4.78, 5) is 129. The van der Waals surface area contributed by atoms with Crippen LogP contribution >= 0.6 is 0 Å². The molecule has 0 bridgehead atoms. The molecule has 0 aromatic heterocycles. The first-order chi connectivity index (χ1) is 36.3. The number of fused-ring (bicyclic) bond motifs is 3. The van der Waals surface area contributed by atoms with Gasteiger partial charge in [-0.15, -0.1) is 0 Å². The molecule has 6 amide bonds. The molecule has 77 heavy (non-hydrogen) atoms. The van der Waals surface area contributed by atoms with Crippen LogP contribution in [0.25, 0.3) is 0 Å². The van der Waals surface area contributed by atoms with Gasteiger partial charge in [0.2, 0.25) is 35.3 Å². The predicted octanol–water partition coefficient (Wildman–Crippen LogP) is -1.71. The lowest BCUT2D eigenvalue weighted by Crippen LogP contribution is -2.56. The van der Waals surface area contributed by atoms with Crippen molar-refractivity contribution in [3.63, 3.8) is 0 Å². The lowest BCUT2D eigenvalue weighted by Gasteiger charge is -2.42. The Hall–Kier alpha value is -8.08. The van der Waals surface area contributed by atoms with Gasteiger partial charge in [0, 0.05) is 41.6 Å². The highest BCUT2D eigenvalue weighted by Gasteiger charge is 2.50. The molecule has 2 aliphatic carbocycles. The van der Waals surface area contributed by atoms with Crippen molar-refractivity contribution in [1.82, 2.24) is 26.2 Å². The van der Waals surface area contributed by atoms with Crippen molar-refractivity contribution in [3.8, 4) is 17.2 Å². The number of Topliss-reactive ketones (excluding diaryl/α,β-unsaturated/α-hetero) is 1. The van der Waals surface area contributed by atoms with Gasteiger partial charge in [-0.25, -0.2) is 4.79 Å². The molecule has 9 atom stereocenters. The van der Waals surface area contributed by atoms with E-state index in [0.717, 1.165) is 0 Å². The van der Waals surface area contributed by atoms with Gasteiger partial charge in [0.1, 0.15) is 60.3 Å². The van der Waals surface area contributed by atoms with Gasteiger partial charge < -0.3 is 81.9 Å². The third-order valence-corrected chi connectivity index (χ3v) is 13.0. The Bertz CT molecular complexity index is 2860. The van der Waals surface area contributed by atoms with Crippen molar-refractivity contribution in [2.45, 2.75) is 107 Å². The van der Waals surface area contributed by atoms with Crippen molar-refractivity contribution in [2.24, 2.45) is 5.73 Å². The van der Waals surface area contributed by atoms with Gasteiger partial charge in [-0.2, -0.15) is 0 Å². The molecule has 27 heteroatoms. The maximum Gasteiger partial charge on any atom is 0.407 e. The fraction of sp³-hybridized carbons (Fsp3) is 0.440. The van der Waals surface area contributed by atoms with Crippen LogP contribution in [0, 0.1) is 0 Å². The standard InChI is InChI=1S/C50H59N7O20/c1-21(52-34(61)17-57(4)18-35(62)63)46(69)53-22(2)47(70)55-29(13-33(51)60)48(71)54-25-11-9-24(10-12-25)20-75-49(72)56-28-14-36(76-23(3)41(28)64)77-31-16-50(73,32(59)19-58)15-27-38(31)45(68)40-39(43(27)66)42(65)26-7-6-8-30(74-5)37(26)44(40)67/h6-12,21-23,28-29,31,36,41,58,64,66,68,73H,13-20H2,1-5H3,(H2,51,60)(H,52,61)(H,53,69)(H,54,71)(H,55,70)(H,56,72)(H,62,63)/t21-,22-,23-,28-,29-,31-,36-,41+,50-/m0/s1. The Morgan fingerprint density at radius 3 is 2.17 bits per heavy atom. The number of phenolic OH excluding ortho intramolecular Hbond substituents is 2. The highest BCUT2D eigenvalue weighted by atomic mass is 16.7. The number of benzene rings is 3. The van der Waals surface area contributed by atoms with E-state index in [9.17, 15) is 73.5 Å². The Balaban J connectivity index is 1.07. The number of carbonyl (C=O) groups excluding carboxylic acids is 9. The summed E-state index contributed by atoms with van der Waals surface area (Å²) in [6.07, 6.45) is -8.71. The third kappa shape index (κ3) is 13.3. The number of nitrogens with zero attached hydrogens (tertiary/aromatic N) is 1. The topological polar surface area (TPSA) is 418 Å². The zero-order chi connectivity index (χ0) is 56.8. The van der Waals surface area contributed by atoms with Crippen LogP contribution in [-0.4, -0.2) is 177 Å². The van der Waals surface area contributed by atoms with E-state index >= 15 is 0 Å². The normalized spacial score (nSPS) is 21.6. The van der Waals surface area contributed by atoms with Crippen LogP contribution in [0.1, 0.15) is 94.7 Å². The van der Waals surface area contributed by atoms with E-state index in [0.29, 0.717) is 5.56 Å². The summed E-state index contributed by atoms with van der Waals surface area (Å²) < 4.78 is 22.8. The number of aromatic hydroxyl groups is 2. The SMILES string of the molecule is COc1cccc2c1C(=O)c1c(O)c3c(c(O)c1C2=O)C[C@@](O)(C(=O)CO)C[C@@H]3O[C@H]1C[C@H](NC(=O)OCc2ccc(NC(=O)[C@H](CC(N)=O)NC(=O)[C@H](C)NC(=O)[C@H](C)NC(=O)CN(C)CC(=O)O)cc2)[C@H](O)[C@H](C)O1. The van der Waals surface area contributed by atoms with E-state index in [4.69, 9.17) is 29.8 Å². The third-order valence-electron chi connectivity index (χ3n) is 13.0. The lowest BCUT2D eigenvalue weighted by atomic mass is 9.72. The number of amides is 6. The number of rotatable bonds is 21. The van der Waals surface area contributed by atoms with Gasteiger partial charge in [-0.05, 0) is 51.6 Å². The largest absolute Gasteiger partial charge is 0.507 e. The number of nitrogens with two attached hydrogens (primary N) is 1. The zero-order valence-corrected chi connectivity index (χ0v) is 42.2. The highest BCUT2D eigenvalue weighted by Crippen LogP contribution is 2.52. The summed E-state index contributed by atoms with van der Waals surface area (Å²) in [7, 11) is 2.66. The average molecular weight is 1080 g/mol. The number of alkyl carbamates (subject to hydrolysis) is 1. The predicted molar refractivity (Wildman–Crippen MR) is 262 cm³/mol. The Labute approximate surface area is 438 Å². The number of aliphatic hydroxyl groups is 3. The summed E-state index contributed by atoms with van der Waals surface area (Å²) in [5.74, 6) is -9.75. The van der Waals surface area contributed by atoms with E-state index in [1.54, 1.807) is 0 Å². The first-order valence-electron chi connectivity index (χ1n) is 23.9. The number of aliphatic carboxylic acids is 1. The zero-order valence-electron chi connectivity index (χ0n) is 42.2.